The molecule has 3 rings (SSSR count). The summed E-state index contributed by atoms with van der Waals surface area (Å²) in [6.07, 6.45) is 4.72. The Hall–Kier alpha value is -1.53. The lowest BCUT2D eigenvalue weighted by atomic mass is 9.87. The molecule has 0 radical (unpaired) electrons. The van der Waals surface area contributed by atoms with Crippen molar-refractivity contribution in [2.75, 3.05) is 6.54 Å². The van der Waals surface area contributed by atoms with Crippen LogP contribution in [0.4, 0.5) is 13.2 Å². The van der Waals surface area contributed by atoms with Crippen molar-refractivity contribution in [3.8, 4) is 0 Å². The molecule has 1 aromatic rings. The standard InChI is InChI=1S/C18H26F3N3O/c19-18(20,21)17-14-8-4-5-9-15(14)24(23-17)11-10-22-16(25)12-13-6-2-1-3-7-13/h13H,1-12H2,(H,22,25). The molecule has 7 heteroatoms. The van der Waals surface area contributed by atoms with Gasteiger partial charge < -0.3 is 5.32 Å². The Morgan fingerprint density at radius 2 is 1.84 bits per heavy atom. The highest BCUT2D eigenvalue weighted by Gasteiger charge is 2.39. The van der Waals surface area contributed by atoms with Crippen molar-refractivity contribution in [1.82, 2.24) is 15.1 Å². The fourth-order valence-corrected chi connectivity index (χ4v) is 4.11. The van der Waals surface area contributed by atoms with E-state index >= 15 is 0 Å². The largest absolute Gasteiger partial charge is 0.435 e. The van der Waals surface area contributed by atoms with Crippen LogP contribution in [0.1, 0.15) is 68.3 Å². The van der Waals surface area contributed by atoms with Crippen LogP contribution >= 0.6 is 0 Å². The van der Waals surface area contributed by atoms with E-state index in [-0.39, 0.29) is 5.91 Å². The first kappa shape index (κ1) is 18.3. The highest BCUT2D eigenvalue weighted by atomic mass is 19.4. The molecule has 0 aromatic carbocycles. The fraction of sp³-hybridized carbons (Fsp3) is 0.778. The van der Waals surface area contributed by atoms with E-state index in [1.165, 1.54) is 23.9 Å². The van der Waals surface area contributed by atoms with Gasteiger partial charge in [-0.1, -0.05) is 19.3 Å². The first-order valence-corrected chi connectivity index (χ1v) is 9.37. The first-order chi connectivity index (χ1) is 11.9. The minimum absolute atomic E-state index is 0.00367. The normalized spacial score (nSPS) is 18.8. The zero-order valence-electron chi connectivity index (χ0n) is 14.5. The Morgan fingerprint density at radius 1 is 1.12 bits per heavy atom. The molecule has 1 fully saturated rings. The van der Waals surface area contributed by atoms with Gasteiger partial charge in [-0.15, -0.1) is 0 Å². The quantitative estimate of drug-likeness (QED) is 0.870. The van der Waals surface area contributed by atoms with Gasteiger partial charge in [0.1, 0.15) is 0 Å². The van der Waals surface area contributed by atoms with E-state index in [0.717, 1.165) is 25.7 Å². The number of carbonyl (C=O) groups is 1. The minimum atomic E-state index is -4.41. The van der Waals surface area contributed by atoms with Crippen molar-refractivity contribution < 1.29 is 18.0 Å². The van der Waals surface area contributed by atoms with Crippen molar-refractivity contribution in [2.24, 2.45) is 5.92 Å². The summed E-state index contributed by atoms with van der Waals surface area (Å²) in [5.41, 5.74) is 0.308. The number of aromatic nitrogens is 2. The molecule has 1 amide bonds. The Labute approximate surface area is 146 Å². The van der Waals surface area contributed by atoms with Gasteiger partial charge in [-0.3, -0.25) is 9.48 Å². The second kappa shape index (κ2) is 7.79. The molecule has 2 aliphatic rings. The number of nitrogens with one attached hydrogen (secondary N) is 1. The molecule has 4 nitrogen and oxygen atoms in total. The molecule has 0 aliphatic heterocycles. The van der Waals surface area contributed by atoms with Gasteiger partial charge in [-0.2, -0.15) is 18.3 Å². The van der Waals surface area contributed by atoms with Crippen LogP contribution in [0.5, 0.6) is 0 Å². The number of nitrogens with zero attached hydrogens (tertiary/aromatic N) is 2. The van der Waals surface area contributed by atoms with E-state index in [2.05, 4.69) is 10.4 Å². The maximum absolute atomic E-state index is 13.2. The van der Waals surface area contributed by atoms with Crippen LogP contribution in [0.25, 0.3) is 0 Å². The SMILES string of the molecule is O=C(CC1CCCCC1)NCCn1nc(C(F)(F)F)c2c1CCCC2. The predicted molar refractivity (Wildman–Crippen MR) is 88.1 cm³/mol. The van der Waals surface area contributed by atoms with E-state index in [0.29, 0.717) is 49.5 Å². The molecule has 1 N–H and O–H groups in total. The summed E-state index contributed by atoms with van der Waals surface area (Å²) in [4.78, 5) is 12.0. The van der Waals surface area contributed by atoms with Crippen LogP contribution in [0, 0.1) is 5.92 Å². The number of amides is 1. The summed E-state index contributed by atoms with van der Waals surface area (Å²) < 4.78 is 40.9. The zero-order valence-corrected chi connectivity index (χ0v) is 14.5. The van der Waals surface area contributed by atoms with Gasteiger partial charge in [0, 0.05) is 24.2 Å². The van der Waals surface area contributed by atoms with Gasteiger partial charge in [0.2, 0.25) is 5.91 Å². The minimum Gasteiger partial charge on any atom is -0.354 e. The van der Waals surface area contributed by atoms with E-state index in [9.17, 15) is 18.0 Å². The number of rotatable bonds is 5. The Kier molecular flexibility index (Phi) is 5.69. The van der Waals surface area contributed by atoms with Crippen molar-refractivity contribution in [1.29, 1.82) is 0 Å². The van der Waals surface area contributed by atoms with Crippen LogP contribution in [-0.4, -0.2) is 22.2 Å². The molecule has 25 heavy (non-hydrogen) atoms. The van der Waals surface area contributed by atoms with Gasteiger partial charge in [0.15, 0.2) is 5.69 Å². The average molecular weight is 357 g/mol. The second-order valence-electron chi connectivity index (χ2n) is 7.26. The van der Waals surface area contributed by atoms with Crippen LogP contribution in [0.15, 0.2) is 0 Å². The highest BCUT2D eigenvalue weighted by molar-refractivity contribution is 5.76. The third-order valence-corrected chi connectivity index (χ3v) is 5.37. The molecule has 0 spiro atoms. The molecule has 1 saturated carbocycles. The number of hydrogen-bond acceptors (Lipinski definition) is 2. The topological polar surface area (TPSA) is 46.9 Å². The molecular weight excluding hydrogens is 331 g/mol. The third-order valence-electron chi connectivity index (χ3n) is 5.37. The lowest BCUT2D eigenvalue weighted by Gasteiger charge is -2.21. The van der Waals surface area contributed by atoms with Crippen LogP contribution in [0.3, 0.4) is 0 Å². The Balaban J connectivity index is 1.56. The molecule has 0 saturated heterocycles. The van der Waals surface area contributed by atoms with Crippen molar-refractivity contribution in [2.45, 2.75) is 76.9 Å². The second-order valence-corrected chi connectivity index (χ2v) is 7.26. The number of carbonyl (C=O) groups excluding carboxylic acids is 1. The highest BCUT2D eigenvalue weighted by Crippen LogP contribution is 2.35. The maximum Gasteiger partial charge on any atom is 0.435 e. The summed E-state index contributed by atoms with van der Waals surface area (Å²) in [6.45, 7) is 0.631. The van der Waals surface area contributed by atoms with Crippen LogP contribution in [-0.2, 0) is 30.4 Å². The maximum atomic E-state index is 13.2. The summed E-state index contributed by atoms with van der Waals surface area (Å²) in [5, 5.41) is 6.67. The summed E-state index contributed by atoms with van der Waals surface area (Å²) in [6, 6.07) is 0. The van der Waals surface area contributed by atoms with Gasteiger partial charge in [-0.05, 0) is 44.4 Å². The van der Waals surface area contributed by atoms with Gasteiger partial charge in [-0.25, -0.2) is 0 Å². The van der Waals surface area contributed by atoms with Gasteiger partial charge in [0.05, 0.1) is 6.54 Å². The molecule has 0 bridgehead atoms. The number of alkyl halides is 3. The monoisotopic (exact) mass is 357 g/mol. The number of hydrogen-bond donors (Lipinski definition) is 1. The summed E-state index contributed by atoms with van der Waals surface area (Å²) >= 11 is 0. The Bertz CT molecular complexity index is 603. The lowest BCUT2D eigenvalue weighted by Crippen LogP contribution is -2.30. The predicted octanol–water partition coefficient (Wildman–Crippen LogP) is 3.87. The zero-order chi connectivity index (χ0) is 17.9. The van der Waals surface area contributed by atoms with Crippen LogP contribution in [0.2, 0.25) is 0 Å². The number of fused-ring (bicyclic) bond motifs is 1. The number of halogens is 3. The fourth-order valence-electron chi connectivity index (χ4n) is 4.11. The summed E-state index contributed by atoms with van der Waals surface area (Å²) in [7, 11) is 0. The first-order valence-electron chi connectivity index (χ1n) is 9.37. The van der Waals surface area contributed by atoms with E-state index in [1.54, 1.807) is 0 Å². The third kappa shape index (κ3) is 4.55. The van der Waals surface area contributed by atoms with Gasteiger partial charge in [0.25, 0.3) is 0 Å². The van der Waals surface area contributed by atoms with Gasteiger partial charge >= 0.3 is 6.18 Å². The van der Waals surface area contributed by atoms with E-state index in [4.69, 9.17) is 0 Å². The van der Waals surface area contributed by atoms with E-state index < -0.39 is 11.9 Å². The van der Waals surface area contributed by atoms with Crippen molar-refractivity contribution in [3.63, 3.8) is 0 Å². The molecule has 2 aliphatic carbocycles. The lowest BCUT2D eigenvalue weighted by molar-refractivity contribution is -0.142. The van der Waals surface area contributed by atoms with E-state index in [1.807, 2.05) is 0 Å². The molecule has 1 aromatic heterocycles. The molecule has 140 valence electrons. The molecular formula is C18H26F3N3O. The molecule has 0 unspecified atom stereocenters. The summed E-state index contributed by atoms with van der Waals surface area (Å²) in [5.74, 6) is 0.465. The molecule has 0 atom stereocenters. The smallest absolute Gasteiger partial charge is 0.354 e. The Morgan fingerprint density at radius 3 is 2.56 bits per heavy atom. The average Bonchev–Trinajstić information content (AvgIpc) is 2.95. The van der Waals surface area contributed by atoms with Crippen molar-refractivity contribution >= 4 is 5.91 Å². The van der Waals surface area contributed by atoms with Crippen molar-refractivity contribution in [3.05, 3.63) is 17.0 Å². The molecule has 1 heterocycles. The van der Waals surface area contributed by atoms with Crippen LogP contribution < -0.4 is 5.32 Å².